The molecule has 0 aromatic carbocycles. The molecule has 8 heteroatoms. The average Bonchev–Trinajstić information content (AvgIpc) is 2.26. The first-order valence-corrected chi connectivity index (χ1v) is 4.70. The van der Waals surface area contributed by atoms with Crippen molar-refractivity contribution in [3.8, 4) is 11.8 Å². The Morgan fingerprint density at radius 3 is 2.67 bits per heavy atom. The number of pyridine rings is 1. The zero-order valence-electron chi connectivity index (χ0n) is 9.11. The quantitative estimate of drug-likeness (QED) is 0.777. The topological polar surface area (TPSA) is 72.2 Å². The van der Waals surface area contributed by atoms with Gasteiger partial charge < -0.3 is 9.47 Å². The van der Waals surface area contributed by atoms with Crippen LogP contribution in [0.2, 0.25) is 0 Å². The number of rotatable bonds is 3. The molecule has 0 aliphatic heterocycles. The van der Waals surface area contributed by atoms with E-state index in [0.29, 0.717) is 6.20 Å². The number of halogens is 3. The Morgan fingerprint density at radius 1 is 1.50 bits per heavy atom. The molecular formula is C10H7F3N2O3. The largest absolute Gasteiger partial charge is 0.573 e. The first-order valence-electron chi connectivity index (χ1n) is 4.70. The Kier molecular flexibility index (Phi) is 4.09. The zero-order valence-corrected chi connectivity index (χ0v) is 9.11. The van der Waals surface area contributed by atoms with Crippen LogP contribution in [-0.4, -0.2) is 23.9 Å². The number of nitrogens with zero attached hydrogens (tertiary/aromatic N) is 2. The average molecular weight is 260 g/mol. The fourth-order valence-corrected chi connectivity index (χ4v) is 1.14. The lowest BCUT2D eigenvalue weighted by Gasteiger charge is -2.12. The SMILES string of the molecule is CCOC(=O)c1c(C#N)cncc1OC(F)(F)F. The Labute approximate surface area is 99.8 Å². The second-order valence-electron chi connectivity index (χ2n) is 2.94. The van der Waals surface area contributed by atoms with E-state index < -0.39 is 23.6 Å². The van der Waals surface area contributed by atoms with Crippen molar-refractivity contribution in [1.82, 2.24) is 4.98 Å². The number of hydrogen-bond donors (Lipinski definition) is 0. The van der Waals surface area contributed by atoms with E-state index in [2.05, 4.69) is 14.5 Å². The van der Waals surface area contributed by atoms with Gasteiger partial charge in [0.25, 0.3) is 0 Å². The maximum atomic E-state index is 12.1. The van der Waals surface area contributed by atoms with E-state index in [0.717, 1.165) is 6.20 Å². The highest BCUT2D eigenvalue weighted by Gasteiger charge is 2.34. The van der Waals surface area contributed by atoms with Crippen LogP contribution in [0.15, 0.2) is 12.4 Å². The number of aromatic nitrogens is 1. The van der Waals surface area contributed by atoms with Gasteiger partial charge in [0.05, 0.1) is 18.4 Å². The molecule has 1 aromatic heterocycles. The Hall–Kier alpha value is -2.30. The zero-order chi connectivity index (χ0) is 13.8. The number of hydrogen-bond acceptors (Lipinski definition) is 5. The molecule has 1 heterocycles. The fraction of sp³-hybridized carbons (Fsp3) is 0.300. The molecule has 0 aliphatic rings. The minimum atomic E-state index is -4.99. The molecule has 0 saturated carbocycles. The van der Waals surface area contributed by atoms with Gasteiger partial charge in [0, 0.05) is 6.20 Å². The van der Waals surface area contributed by atoms with Gasteiger partial charge in [-0.2, -0.15) is 5.26 Å². The molecule has 0 bridgehead atoms. The third-order valence-electron chi connectivity index (χ3n) is 1.74. The van der Waals surface area contributed by atoms with Crippen molar-refractivity contribution in [3.63, 3.8) is 0 Å². The summed E-state index contributed by atoms with van der Waals surface area (Å²) in [7, 11) is 0. The summed E-state index contributed by atoms with van der Waals surface area (Å²) in [5.74, 6) is -1.93. The van der Waals surface area contributed by atoms with Gasteiger partial charge in [-0.15, -0.1) is 13.2 Å². The number of carbonyl (C=O) groups is 1. The Bertz CT molecular complexity index is 494. The van der Waals surface area contributed by atoms with Gasteiger partial charge in [0.15, 0.2) is 5.75 Å². The van der Waals surface area contributed by atoms with E-state index in [1.165, 1.54) is 6.92 Å². The van der Waals surface area contributed by atoms with E-state index in [9.17, 15) is 18.0 Å². The number of alkyl halides is 3. The van der Waals surface area contributed by atoms with Gasteiger partial charge >= 0.3 is 12.3 Å². The molecule has 96 valence electrons. The van der Waals surface area contributed by atoms with Gasteiger partial charge in [-0.1, -0.05) is 0 Å². The Morgan fingerprint density at radius 2 is 2.17 bits per heavy atom. The summed E-state index contributed by atoms with van der Waals surface area (Å²) in [5.41, 5.74) is -0.943. The summed E-state index contributed by atoms with van der Waals surface area (Å²) >= 11 is 0. The minimum Gasteiger partial charge on any atom is -0.462 e. The third kappa shape index (κ3) is 3.35. The lowest BCUT2D eigenvalue weighted by Crippen LogP contribution is -2.20. The van der Waals surface area contributed by atoms with Crippen molar-refractivity contribution in [2.24, 2.45) is 0 Å². The van der Waals surface area contributed by atoms with Crippen LogP contribution in [0.3, 0.4) is 0 Å². The van der Waals surface area contributed by atoms with Crippen molar-refractivity contribution < 1.29 is 27.4 Å². The van der Waals surface area contributed by atoms with Crippen molar-refractivity contribution >= 4 is 5.97 Å². The van der Waals surface area contributed by atoms with E-state index in [1.807, 2.05) is 0 Å². The lowest BCUT2D eigenvalue weighted by atomic mass is 10.1. The van der Waals surface area contributed by atoms with Crippen molar-refractivity contribution in [2.45, 2.75) is 13.3 Å². The van der Waals surface area contributed by atoms with Crippen LogP contribution in [0.25, 0.3) is 0 Å². The van der Waals surface area contributed by atoms with Gasteiger partial charge in [-0.05, 0) is 6.92 Å². The molecule has 0 N–H and O–H groups in total. The molecule has 0 radical (unpaired) electrons. The first kappa shape index (κ1) is 13.8. The van der Waals surface area contributed by atoms with Crippen LogP contribution in [0.4, 0.5) is 13.2 Å². The highest BCUT2D eigenvalue weighted by atomic mass is 19.4. The highest BCUT2D eigenvalue weighted by Crippen LogP contribution is 2.28. The first-order chi connectivity index (χ1) is 8.39. The molecule has 0 fully saturated rings. The van der Waals surface area contributed by atoms with Crippen molar-refractivity contribution in [1.29, 1.82) is 5.26 Å². The predicted octanol–water partition coefficient (Wildman–Crippen LogP) is 2.03. The van der Waals surface area contributed by atoms with E-state index >= 15 is 0 Å². The molecule has 0 aliphatic carbocycles. The van der Waals surface area contributed by atoms with E-state index in [-0.39, 0.29) is 12.2 Å². The van der Waals surface area contributed by atoms with Crippen LogP contribution in [0.1, 0.15) is 22.8 Å². The van der Waals surface area contributed by atoms with Crippen LogP contribution < -0.4 is 4.74 Å². The lowest BCUT2D eigenvalue weighted by molar-refractivity contribution is -0.274. The highest BCUT2D eigenvalue weighted by molar-refractivity contribution is 5.95. The standard InChI is InChI=1S/C10H7F3N2O3/c1-2-17-9(16)8-6(3-14)4-15-5-7(8)18-10(11,12)13/h4-5H,2H2,1H3. The molecule has 5 nitrogen and oxygen atoms in total. The van der Waals surface area contributed by atoms with Crippen LogP contribution in [0, 0.1) is 11.3 Å². The van der Waals surface area contributed by atoms with Gasteiger partial charge in [0.1, 0.15) is 11.6 Å². The summed E-state index contributed by atoms with van der Waals surface area (Å²) in [6.45, 7) is 1.44. The minimum absolute atomic E-state index is 0.0442. The van der Waals surface area contributed by atoms with Crippen LogP contribution in [-0.2, 0) is 4.74 Å². The second-order valence-corrected chi connectivity index (χ2v) is 2.94. The van der Waals surface area contributed by atoms with E-state index in [4.69, 9.17) is 5.26 Å². The van der Waals surface area contributed by atoms with E-state index in [1.54, 1.807) is 6.07 Å². The smallest absolute Gasteiger partial charge is 0.462 e. The third-order valence-corrected chi connectivity index (χ3v) is 1.74. The van der Waals surface area contributed by atoms with Crippen molar-refractivity contribution in [2.75, 3.05) is 6.61 Å². The summed E-state index contributed by atoms with van der Waals surface area (Å²) in [6.07, 6.45) is -3.34. The van der Waals surface area contributed by atoms with Crippen molar-refractivity contribution in [3.05, 3.63) is 23.5 Å². The maximum Gasteiger partial charge on any atom is 0.573 e. The molecule has 18 heavy (non-hydrogen) atoms. The summed E-state index contributed by atoms with van der Waals surface area (Å²) in [5, 5.41) is 8.72. The molecular weight excluding hydrogens is 253 g/mol. The van der Waals surface area contributed by atoms with Gasteiger partial charge in [0.2, 0.25) is 0 Å². The van der Waals surface area contributed by atoms with Crippen LogP contribution in [0.5, 0.6) is 5.75 Å². The number of ether oxygens (including phenoxy) is 2. The maximum absolute atomic E-state index is 12.1. The summed E-state index contributed by atoms with van der Waals surface area (Å²) in [4.78, 5) is 14.9. The molecule has 1 aromatic rings. The summed E-state index contributed by atoms with van der Waals surface area (Å²) < 4.78 is 44.6. The number of nitriles is 1. The number of esters is 1. The normalized spacial score (nSPS) is 10.6. The van der Waals surface area contributed by atoms with Gasteiger partial charge in [-0.25, -0.2) is 4.79 Å². The number of carbonyl (C=O) groups excluding carboxylic acids is 1. The molecule has 0 amide bonds. The monoisotopic (exact) mass is 260 g/mol. The summed E-state index contributed by atoms with van der Waals surface area (Å²) in [6, 6.07) is 1.55. The fourth-order valence-electron chi connectivity index (χ4n) is 1.14. The Balaban J connectivity index is 3.26. The molecule has 1 rings (SSSR count). The second kappa shape index (κ2) is 5.35. The molecule has 0 unspecified atom stereocenters. The molecule has 0 atom stereocenters. The predicted molar refractivity (Wildman–Crippen MR) is 51.6 cm³/mol. The van der Waals surface area contributed by atoms with Crippen LogP contribution >= 0.6 is 0 Å². The molecule has 0 spiro atoms. The molecule has 0 saturated heterocycles. The van der Waals surface area contributed by atoms with Gasteiger partial charge in [-0.3, -0.25) is 4.98 Å².